The molecule has 25 heavy (non-hydrogen) atoms. The standard InChI is InChI=1S/C22H24N2O/c1-4-10-18(11-5-1)21(17-25-20-14-8-3-9-15-20)23-24-16-22(24)19-12-6-2-7-13-19/h1-2,4-8,10-14,20,22H,3,9,15-17H2/b23-21+. The van der Waals surface area contributed by atoms with Crippen molar-refractivity contribution in [1.29, 1.82) is 0 Å². The summed E-state index contributed by atoms with van der Waals surface area (Å²) in [6.45, 7) is 1.53. The van der Waals surface area contributed by atoms with E-state index in [1.165, 1.54) is 18.4 Å². The highest BCUT2D eigenvalue weighted by Crippen LogP contribution is 2.35. The average molecular weight is 332 g/mol. The second kappa shape index (κ2) is 7.66. The van der Waals surface area contributed by atoms with Crippen molar-refractivity contribution in [3.8, 4) is 0 Å². The van der Waals surface area contributed by atoms with E-state index in [-0.39, 0.29) is 6.10 Å². The van der Waals surface area contributed by atoms with Crippen molar-refractivity contribution in [2.24, 2.45) is 5.10 Å². The smallest absolute Gasteiger partial charge is 0.0935 e. The van der Waals surface area contributed by atoms with Crippen LogP contribution < -0.4 is 0 Å². The summed E-state index contributed by atoms with van der Waals surface area (Å²) >= 11 is 0. The predicted octanol–water partition coefficient (Wildman–Crippen LogP) is 4.57. The number of ether oxygens (including phenoxy) is 1. The van der Waals surface area contributed by atoms with Crippen molar-refractivity contribution in [2.45, 2.75) is 31.4 Å². The molecule has 0 N–H and O–H groups in total. The molecule has 3 nitrogen and oxygen atoms in total. The number of nitrogens with zero attached hydrogens (tertiary/aromatic N) is 2. The molecule has 0 aromatic heterocycles. The Kier molecular flexibility index (Phi) is 4.93. The maximum atomic E-state index is 6.12. The minimum Gasteiger partial charge on any atom is -0.368 e. The monoisotopic (exact) mass is 332 g/mol. The first-order chi connectivity index (χ1) is 12.4. The van der Waals surface area contributed by atoms with Gasteiger partial charge in [-0.05, 0) is 24.8 Å². The van der Waals surface area contributed by atoms with Gasteiger partial charge in [-0.2, -0.15) is 5.10 Å². The number of allylic oxidation sites excluding steroid dienone is 1. The minimum atomic E-state index is 0.224. The highest BCUT2D eigenvalue weighted by atomic mass is 16.5. The van der Waals surface area contributed by atoms with Crippen LogP contribution in [0.4, 0.5) is 0 Å². The third-order valence-corrected chi connectivity index (χ3v) is 4.77. The number of hydrazone groups is 1. The van der Waals surface area contributed by atoms with Crippen LogP contribution in [-0.2, 0) is 4.74 Å². The summed E-state index contributed by atoms with van der Waals surface area (Å²) in [6.07, 6.45) is 8.13. The predicted molar refractivity (Wildman–Crippen MR) is 102 cm³/mol. The molecule has 0 radical (unpaired) electrons. The molecule has 1 heterocycles. The van der Waals surface area contributed by atoms with E-state index in [2.05, 4.69) is 71.8 Å². The Morgan fingerprint density at radius 2 is 1.80 bits per heavy atom. The topological polar surface area (TPSA) is 24.6 Å². The third kappa shape index (κ3) is 4.18. The van der Waals surface area contributed by atoms with Crippen LogP contribution in [0.2, 0.25) is 0 Å². The first-order valence-corrected chi connectivity index (χ1v) is 9.13. The summed E-state index contributed by atoms with van der Waals surface area (Å²) < 4.78 is 6.12. The molecule has 0 saturated carbocycles. The van der Waals surface area contributed by atoms with Gasteiger partial charge in [-0.25, -0.2) is 0 Å². The van der Waals surface area contributed by atoms with E-state index in [0.717, 1.165) is 24.2 Å². The van der Waals surface area contributed by atoms with E-state index in [1.807, 2.05) is 6.07 Å². The fourth-order valence-electron chi connectivity index (χ4n) is 3.25. The van der Waals surface area contributed by atoms with Gasteiger partial charge in [0.15, 0.2) is 0 Å². The fraction of sp³-hybridized carbons (Fsp3) is 0.318. The Hall–Kier alpha value is -2.39. The minimum absolute atomic E-state index is 0.224. The third-order valence-electron chi connectivity index (χ3n) is 4.77. The molecule has 3 heteroatoms. The number of rotatable bonds is 6. The number of hydrogen-bond donors (Lipinski definition) is 0. The molecule has 2 aliphatic rings. The van der Waals surface area contributed by atoms with E-state index < -0.39 is 0 Å². The van der Waals surface area contributed by atoms with Gasteiger partial charge in [-0.1, -0.05) is 72.8 Å². The molecule has 2 atom stereocenters. The van der Waals surface area contributed by atoms with Gasteiger partial charge in [0.2, 0.25) is 0 Å². The Morgan fingerprint density at radius 1 is 1.04 bits per heavy atom. The summed E-state index contributed by atoms with van der Waals surface area (Å²) in [4.78, 5) is 0. The molecule has 0 spiro atoms. The van der Waals surface area contributed by atoms with Crippen molar-refractivity contribution in [1.82, 2.24) is 5.01 Å². The summed E-state index contributed by atoms with van der Waals surface area (Å²) in [5.74, 6) is 0. The van der Waals surface area contributed by atoms with E-state index in [1.54, 1.807) is 0 Å². The average Bonchev–Trinajstić information content (AvgIpc) is 3.47. The van der Waals surface area contributed by atoms with Gasteiger partial charge in [0.25, 0.3) is 0 Å². The lowest BCUT2D eigenvalue weighted by Gasteiger charge is -2.18. The van der Waals surface area contributed by atoms with Crippen molar-refractivity contribution >= 4 is 5.71 Å². The van der Waals surface area contributed by atoms with Gasteiger partial charge in [-0.15, -0.1) is 0 Å². The molecule has 1 saturated heterocycles. The lowest BCUT2D eigenvalue weighted by Crippen LogP contribution is -2.20. The molecule has 1 fully saturated rings. The number of benzene rings is 2. The molecule has 0 bridgehead atoms. The second-order valence-corrected chi connectivity index (χ2v) is 6.67. The van der Waals surface area contributed by atoms with Gasteiger partial charge in [0, 0.05) is 5.56 Å². The Morgan fingerprint density at radius 3 is 2.52 bits per heavy atom. The normalized spacial score (nSPS) is 22.9. The molecule has 2 unspecified atom stereocenters. The van der Waals surface area contributed by atoms with Gasteiger partial charge >= 0.3 is 0 Å². The lowest BCUT2D eigenvalue weighted by atomic mass is 10.1. The van der Waals surface area contributed by atoms with Crippen LogP contribution in [0.5, 0.6) is 0 Å². The Bertz CT molecular complexity index is 739. The van der Waals surface area contributed by atoms with E-state index >= 15 is 0 Å². The second-order valence-electron chi connectivity index (χ2n) is 6.67. The highest BCUT2D eigenvalue weighted by Gasteiger charge is 2.35. The molecule has 128 valence electrons. The van der Waals surface area contributed by atoms with Gasteiger partial charge in [0.05, 0.1) is 31.0 Å². The zero-order valence-electron chi connectivity index (χ0n) is 14.4. The molecular formula is C22H24N2O. The molecule has 1 aliphatic carbocycles. The van der Waals surface area contributed by atoms with Crippen molar-refractivity contribution in [3.05, 3.63) is 83.9 Å². The first-order valence-electron chi connectivity index (χ1n) is 9.13. The summed E-state index contributed by atoms with van der Waals surface area (Å²) in [7, 11) is 0. The summed E-state index contributed by atoms with van der Waals surface area (Å²) in [5, 5.41) is 7.05. The van der Waals surface area contributed by atoms with Gasteiger partial charge in [-0.3, -0.25) is 5.01 Å². The lowest BCUT2D eigenvalue weighted by molar-refractivity contribution is 0.105. The van der Waals surface area contributed by atoms with Crippen LogP contribution in [0.1, 0.15) is 36.4 Å². The van der Waals surface area contributed by atoms with Crippen LogP contribution in [-0.4, -0.2) is 30.0 Å². The maximum absolute atomic E-state index is 6.12. The quantitative estimate of drug-likeness (QED) is 0.440. The zero-order valence-corrected chi connectivity index (χ0v) is 14.4. The summed E-state index contributed by atoms with van der Waals surface area (Å²) in [5.41, 5.74) is 3.48. The Balaban J connectivity index is 1.48. The molecule has 4 rings (SSSR count). The zero-order chi connectivity index (χ0) is 16.9. The maximum Gasteiger partial charge on any atom is 0.0935 e. The van der Waals surface area contributed by atoms with Crippen LogP contribution in [0, 0.1) is 0 Å². The van der Waals surface area contributed by atoms with E-state index in [4.69, 9.17) is 9.84 Å². The first kappa shape index (κ1) is 16.1. The van der Waals surface area contributed by atoms with Crippen molar-refractivity contribution in [3.63, 3.8) is 0 Å². The van der Waals surface area contributed by atoms with E-state index in [0.29, 0.717) is 12.6 Å². The van der Waals surface area contributed by atoms with Crippen LogP contribution >= 0.6 is 0 Å². The number of hydrogen-bond acceptors (Lipinski definition) is 3. The fourth-order valence-corrected chi connectivity index (χ4v) is 3.25. The van der Waals surface area contributed by atoms with Gasteiger partial charge < -0.3 is 4.74 Å². The summed E-state index contributed by atoms with van der Waals surface area (Å²) in [6, 6.07) is 21.4. The Labute approximate surface area is 149 Å². The van der Waals surface area contributed by atoms with Crippen molar-refractivity contribution in [2.75, 3.05) is 13.2 Å². The van der Waals surface area contributed by atoms with Gasteiger partial charge in [0.1, 0.15) is 0 Å². The van der Waals surface area contributed by atoms with Crippen molar-refractivity contribution < 1.29 is 4.74 Å². The van der Waals surface area contributed by atoms with Crippen LogP contribution in [0.25, 0.3) is 0 Å². The highest BCUT2D eigenvalue weighted by molar-refractivity contribution is 6.01. The molecular weight excluding hydrogens is 308 g/mol. The molecule has 1 aliphatic heterocycles. The van der Waals surface area contributed by atoms with Crippen LogP contribution in [0.3, 0.4) is 0 Å². The van der Waals surface area contributed by atoms with E-state index in [9.17, 15) is 0 Å². The SMILES string of the molecule is C1=CC(OC/C(=N\N2CC2c2ccccc2)c2ccccc2)CCC1. The molecule has 0 amide bonds. The molecule has 2 aromatic rings. The van der Waals surface area contributed by atoms with Crippen LogP contribution in [0.15, 0.2) is 77.9 Å². The molecule has 2 aromatic carbocycles. The largest absolute Gasteiger partial charge is 0.368 e.